The summed E-state index contributed by atoms with van der Waals surface area (Å²) >= 11 is 0. The van der Waals surface area contributed by atoms with Gasteiger partial charge in [0.15, 0.2) is 5.76 Å². The first-order valence-corrected chi connectivity index (χ1v) is 7.41. The lowest BCUT2D eigenvalue weighted by Crippen LogP contribution is -2.32. The van der Waals surface area contributed by atoms with Crippen molar-refractivity contribution < 1.29 is 9.21 Å². The van der Waals surface area contributed by atoms with Crippen LogP contribution in [-0.4, -0.2) is 20.4 Å². The lowest BCUT2D eigenvalue weighted by Gasteiger charge is -2.09. The summed E-state index contributed by atoms with van der Waals surface area (Å²) in [6.07, 6.45) is 4.61. The zero-order valence-electron chi connectivity index (χ0n) is 13.1. The van der Waals surface area contributed by atoms with Crippen LogP contribution in [0.4, 0.5) is 0 Å². The fourth-order valence-corrected chi connectivity index (χ4v) is 2.26. The lowest BCUT2D eigenvalue weighted by atomic mass is 10.1. The molecule has 0 saturated carbocycles. The van der Waals surface area contributed by atoms with Crippen LogP contribution in [0.2, 0.25) is 0 Å². The van der Waals surface area contributed by atoms with E-state index < -0.39 is 0 Å². The number of aryl methyl sites for hydroxylation is 1. The van der Waals surface area contributed by atoms with Gasteiger partial charge in [0, 0.05) is 30.1 Å². The molecule has 7 heteroatoms. The number of carbonyl (C=O) groups is 1. The molecule has 3 heterocycles. The molecule has 0 unspecified atom stereocenters. The Labute approximate surface area is 138 Å². The summed E-state index contributed by atoms with van der Waals surface area (Å²) in [6, 6.07) is 8.64. The van der Waals surface area contributed by atoms with Gasteiger partial charge in [-0.2, -0.15) is 0 Å². The van der Waals surface area contributed by atoms with E-state index in [1.54, 1.807) is 31.5 Å². The van der Waals surface area contributed by atoms with E-state index in [4.69, 9.17) is 4.42 Å². The fourth-order valence-electron chi connectivity index (χ4n) is 2.26. The molecule has 0 saturated heterocycles. The Morgan fingerprint density at radius 3 is 2.92 bits per heavy atom. The van der Waals surface area contributed by atoms with E-state index >= 15 is 0 Å². The third-order valence-electron chi connectivity index (χ3n) is 3.45. The number of aromatic nitrogens is 3. The summed E-state index contributed by atoms with van der Waals surface area (Å²) < 4.78 is 6.62. The third kappa shape index (κ3) is 3.57. The normalized spacial score (nSPS) is 10.5. The molecule has 3 aromatic heterocycles. The summed E-state index contributed by atoms with van der Waals surface area (Å²) in [5, 5.41) is 2.78. The Morgan fingerprint density at radius 1 is 1.29 bits per heavy atom. The van der Waals surface area contributed by atoms with Gasteiger partial charge in [-0.1, -0.05) is 6.07 Å². The Morgan fingerprint density at radius 2 is 2.17 bits per heavy atom. The van der Waals surface area contributed by atoms with Gasteiger partial charge in [-0.15, -0.1) is 0 Å². The van der Waals surface area contributed by atoms with Crippen molar-refractivity contribution in [3.63, 3.8) is 0 Å². The number of rotatable bonds is 5. The van der Waals surface area contributed by atoms with Crippen molar-refractivity contribution in [2.45, 2.75) is 20.0 Å². The van der Waals surface area contributed by atoms with Gasteiger partial charge in [-0.3, -0.25) is 19.1 Å². The molecule has 0 aliphatic heterocycles. The van der Waals surface area contributed by atoms with Crippen LogP contribution in [-0.2, 0) is 17.9 Å². The molecule has 0 bridgehead atoms. The molecule has 0 atom stereocenters. The van der Waals surface area contributed by atoms with E-state index in [0.717, 1.165) is 5.56 Å². The average molecular weight is 324 g/mol. The van der Waals surface area contributed by atoms with Gasteiger partial charge in [0.2, 0.25) is 5.91 Å². The van der Waals surface area contributed by atoms with E-state index in [-0.39, 0.29) is 24.6 Å². The molecular weight excluding hydrogens is 308 g/mol. The van der Waals surface area contributed by atoms with Crippen LogP contribution in [0.5, 0.6) is 0 Å². The minimum atomic E-state index is -0.281. The van der Waals surface area contributed by atoms with Crippen LogP contribution in [0.3, 0.4) is 0 Å². The molecule has 122 valence electrons. The van der Waals surface area contributed by atoms with E-state index in [2.05, 4.69) is 15.3 Å². The standard InChI is InChI=1S/C17H16N4O3/c1-12-8-16(23)21(11-20-12)10-15(22)19-9-13-4-2-6-18-17(13)14-5-3-7-24-14/h2-8,11H,9-10H2,1H3,(H,19,22). The van der Waals surface area contributed by atoms with E-state index in [9.17, 15) is 9.59 Å². The van der Waals surface area contributed by atoms with Crippen molar-refractivity contribution in [1.29, 1.82) is 0 Å². The van der Waals surface area contributed by atoms with Crippen molar-refractivity contribution in [3.05, 3.63) is 70.7 Å². The smallest absolute Gasteiger partial charge is 0.253 e. The molecule has 3 aromatic rings. The highest BCUT2D eigenvalue weighted by Crippen LogP contribution is 2.21. The molecule has 0 radical (unpaired) electrons. The lowest BCUT2D eigenvalue weighted by molar-refractivity contribution is -0.121. The molecule has 7 nitrogen and oxygen atoms in total. The van der Waals surface area contributed by atoms with Gasteiger partial charge in [-0.05, 0) is 25.1 Å². The quantitative estimate of drug-likeness (QED) is 0.768. The summed E-state index contributed by atoms with van der Waals surface area (Å²) in [7, 11) is 0. The number of pyridine rings is 1. The Kier molecular flexibility index (Phi) is 4.51. The first-order valence-electron chi connectivity index (χ1n) is 7.41. The molecule has 0 aliphatic rings. The second-order valence-electron chi connectivity index (χ2n) is 5.26. The Bertz CT molecular complexity index is 900. The Hall–Kier alpha value is -3.22. The highest BCUT2D eigenvalue weighted by molar-refractivity contribution is 5.76. The summed E-state index contributed by atoms with van der Waals surface area (Å²) in [5.74, 6) is 0.357. The highest BCUT2D eigenvalue weighted by Gasteiger charge is 2.10. The van der Waals surface area contributed by atoms with Gasteiger partial charge in [0.1, 0.15) is 12.2 Å². The number of hydrogen-bond acceptors (Lipinski definition) is 5. The van der Waals surface area contributed by atoms with Crippen molar-refractivity contribution in [3.8, 4) is 11.5 Å². The van der Waals surface area contributed by atoms with E-state index in [1.165, 1.54) is 17.0 Å². The third-order valence-corrected chi connectivity index (χ3v) is 3.45. The first-order chi connectivity index (χ1) is 11.6. The van der Waals surface area contributed by atoms with Gasteiger partial charge in [0.05, 0.1) is 12.6 Å². The molecule has 3 rings (SSSR count). The molecule has 0 fully saturated rings. The second kappa shape index (κ2) is 6.91. The predicted molar refractivity (Wildman–Crippen MR) is 87.0 cm³/mol. The largest absolute Gasteiger partial charge is 0.463 e. The summed E-state index contributed by atoms with van der Waals surface area (Å²) in [4.78, 5) is 32.2. The van der Waals surface area contributed by atoms with Crippen LogP contribution in [0.15, 0.2) is 58.3 Å². The molecule has 0 spiro atoms. The number of nitrogens with zero attached hydrogens (tertiary/aromatic N) is 3. The molecule has 24 heavy (non-hydrogen) atoms. The van der Waals surface area contributed by atoms with Crippen LogP contribution >= 0.6 is 0 Å². The van der Waals surface area contributed by atoms with Crippen molar-refractivity contribution in [2.75, 3.05) is 0 Å². The van der Waals surface area contributed by atoms with Crippen molar-refractivity contribution >= 4 is 5.91 Å². The molecule has 0 aromatic carbocycles. The number of furan rings is 1. The number of nitrogens with one attached hydrogen (secondary N) is 1. The first kappa shape index (κ1) is 15.7. The maximum Gasteiger partial charge on any atom is 0.253 e. The van der Waals surface area contributed by atoms with Crippen LogP contribution < -0.4 is 10.9 Å². The molecule has 1 amide bonds. The Balaban J connectivity index is 1.68. The highest BCUT2D eigenvalue weighted by atomic mass is 16.3. The summed E-state index contributed by atoms with van der Waals surface area (Å²) in [6.45, 7) is 1.93. The van der Waals surface area contributed by atoms with Crippen LogP contribution in [0.25, 0.3) is 11.5 Å². The minimum absolute atomic E-state index is 0.0809. The monoisotopic (exact) mass is 324 g/mol. The average Bonchev–Trinajstić information content (AvgIpc) is 3.10. The van der Waals surface area contributed by atoms with Gasteiger partial charge in [-0.25, -0.2) is 4.98 Å². The number of hydrogen-bond donors (Lipinski definition) is 1. The second-order valence-corrected chi connectivity index (χ2v) is 5.26. The maximum absolute atomic E-state index is 12.1. The molecule has 1 N–H and O–H groups in total. The van der Waals surface area contributed by atoms with Crippen molar-refractivity contribution in [2.24, 2.45) is 0 Å². The minimum Gasteiger partial charge on any atom is -0.463 e. The molecule has 0 aliphatic carbocycles. The van der Waals surface area contributed by atoms with E-state index in [0.29, 0.717) is 17.1 Å². The predicted octanol–water partition coefficient (Wildman–Crippen LogP) is 1.52. The van der Waals surface area contributed by atoms with Crippen LogP contribution in [0.1, 0.15) is 11.3 Å². The van der Waals surface area contributed by atoms with Gasteiger partial charge < -0.3 is 9.73 Å². The zero-order valence-corrected chi connectivity index (χ0v) is 13.1. The van der Waals surface area contributed by atoms with Gasteiger partial charge >= 0.3 is 0 Å². The number of amides is 1. The fraction of sp³-hybridized carbons (Fsp3) is 0.176. The van der Waals surface area contributed by atoms with Crippen molar-refractivity contribution in [1.82, 2.24) is 19.9 Å². The van der Waals surface area contributed by atoms with Gasteiger partial charge in [0.25, 0.3) is 5.56 Å². The summed E-state index contributed by atoms with van der Waals surface area (Å²) in [5.41, 5.74) is 1.87. The van der Waals surface area contributed by atoms with Crippen LogP contribution in [0, 0.1) is 6.92 Å². The SMILES string of the molecule is Cc1cc(=O)n(CC(=O)NCc2cccnc2-c2ccco2)cn1. The zero-order chi connectivity index (χ0) is 16.9. The maximum atomic E-state index is 12.1. The molecular formula is C17H16N4O3. The topological polar surface area (TPSA) is 90.0 Å². The number of carbonyl (C=O) groups excluding carboxylic acids is 1. The van der Waals surface area contributed by atoms with E-state index in [1.807, 2.05) is 12.1 Å².